The van der Waals surface area contributed by atoms with E-state index in [1.165, 1.54) is 20.8 Å². The molecule has 7 nitrogen and oxygen atoms in total. The van der Waals surface area contributed by atoms with Crippen molar-refractivity contribution < 1.29 is 23.9 Å². The van der Waals surface area contributed by atoms with Gasteiger partial charge in [0.25, 0.3) is 5.91 Å². The topological polar surface area (TPSA) is 102 Å². The van der Waals surface area contributed by atoms with Gasteiger partial charge in [0.2, 0.25) is 5.91 Å². The van der Waals surface area contributed by atoms with E-state index in [0.717, 1.165) is 0 Å². The van der Waals surface area contributed by atoms with Crippen molar-refractivity contribution in [3.05, 3.63) is 29.8 Å². The van der Waals surface area contributed by atoms with E-state index < -0.39 is 18.0 Å². The van der Waals surface area contributed by atoms with Gasteiger partial charge in [-0.1, -0.05) is 12.1 Å². The standard InChI is InChI=1S/C16H20N2O5/c1-10(19)13-5-4-6-14(9-13)18-16(22)11(2)23-15(21)7-8-17-12(3)20/h4-6,9,11H,7-8H2,1-3H3,(H,17,20)(H,18,22)/t11-/m1/s1. The maximum Gasteiger partial charge on any atom is 0.308 e. The van der Waals surface area contributed by atoms with E-state index in [2.05, 4.69) is 10.6 Å². The number of carbonyl (C=O) groups is 4. The lowest BCUT2D eigenvalue weighted by atomic mass is 10.1. The highest BCUT2D eigenvalue weighted by Crippen LogP contribution is 2.12. The summed E-state index contributed by atoms with van der Waals surface area (Å²) in [5.41, 5.74) is 0.923. The molecule has 0 aliphatic rings. The maximum absolute atomic E-state index is 12.0. The highest BCUT2D eigenvalue weighted by atomic mass is 16.5. The zero-order valence-corrected chi connectivity index (χ0v) is 13.3. The highest BCUT2D eigenvalue weighted by molar-refractivity contribution is 5.98. The summed E-state index contributed by atoms with van der Waals surface area (Å²) in [7, 11) is 0. The SMILES string of the molecule is CC(=O)NCCC(=O)O[C@H](C)C(=O)Nc1cccc(C(C)=O)c1. The summed E-state index contributed by atoms with van der Waals surface area (Å²) in [6.45, 7) is 4.38. The van der Waals surface area contributed by atoms with Crippen LogP contribution in [-0.4, -0.2) is 36.2 Å². The van der Waals surface area contributed by atoms with E-state index >= 15 is 0 Å². The molecule has 0 fully saturated rings. The van der Waals surface area contributed by atoms with Crippen molar-refractivity contribution in [3.8, 4) is 0 Å². The van der Waals surface area contributed by atoms with Gasteiger partial charge < -0.3 is 15.4 Å². The number of ether oxygens (including phenoxy) is 1. The third kappa shape index (κ3) is 6.73. The Balaban J connectivity index is 2.50. The van der Waals surface area contributed by atoms with Crippen molar-refractivity contribution in [2.45, 2.75) is 33.3 Å². The number of rotatable bonds is 7. The van der Waals surface area contributed by atoms with E-state index in [9.17, 15) is 19.2 Å². The van der Waals surface area contributed by atoms with Crippen LogP contribution < -0.4 is 10.6 Å². The molecule has 1 atom stereocenters. The molecule has 1 aromatic rings. The Hall–Kier alpha value is -2.70. The van der Waals surface area contributed by atoms with Crippen LogP contribution in [0.25, 0.3) is 0 Å². The first-order valence-electron chi connectivity index (χ1n) is 7.15. The number of carbonyl (C=O) groups excluding carboxylic acids is 4. The monoisotopic (exact) mass is 320 g/mol. The van der Waals surface area contributed by atoms with Crippen LogP contribution in [0, 0.1) is 0 Å². The summed E-state index contributed by atoms with van der Waals surface area (Å²) in [6.07, 6.45) is -1.00. The molecule has 0 aromatic heterocycles. The van der Waals surface area contributed by atoms with Gasteiger partial charge in [0.15, 0.2) is 11.9 Å². The van der Waals surface area contributed by atoms with E-state index in [0.29, 0.717) is 11.3 Å². The first-order valence-corrected chi connectivity index (χ1v) is 7.15. The molecular weight excluding hydrogens is 300 g/mol. The minimum atomic E-state index is -0.985. The maximum atomic E-state index is 12.0. The molecule has 2 N–H and O–H groups in total. The zero-order valence-electron chi connectivity index (χ0n) is 13.3. The molecule has 0 aliphatic heterocycles. The largest absolute Gasteiger partial charge is 0.452 e. The number of hydrogen-bond donors (Lipinski definition) is 2. The lowest BCUT2D eigenvalue weighted by Gasteiger charge is -2.14. The fourth-order valence-electron chi connectivity index (χ4n) is 1.71. The molecule has 0 radical (unpaired) electrons. The smallest absolute Gasteiger partial charge is 0.308 e. The highest BCUT2D eigenvalue weighted by Gasteiger charge is 2.18. The molecule has 7 heteroatoms. The van der Waals surface area contributed by atoms with Gasteiger partial charge in [-0.05, 0) is 26.0 Å². The van der Waals surface area contributed by atoms with Gasteiger partial charge >= 0.3 is 5.97 Å². The van der Waals surface area contributed by atoms with Crippen molar-refractivity contribution in [1.82, 2.24) is 5.32 Å². The van der Waals surface area contributed by atoms with Crippen LogP contribution in [-0.2, 0) is 19.1 Å². The summed E-state index contributed by atoms with van der Waals surface area (Å²) in [5.74, 6) is -1.44. The Bertz CT molecular complexity index is 612. The van der Waals surface area contributed by atoms with E-state index in [-0.39, 0.29) is 24.7 Å². The summed E-state index contributed by atoms with van der Waals surface area (Å²) in [5, 5.41) is 5.04. The van der Waals surface area contributed by atoms with E-state index in [1.807, 2.05) is 0 Å². The molecule has 124 valence electrons. The minimum Gasteiger partial charge on any atom is -0.452 e. The average molecular weight is 320 g/mol. The lowest BCUT2D eigenvalue weighted by molar-refractivity contribution is -0.153. The molecule has 1 rings (SSSR count). The Morgan fingerprint density at radius 3 is 2.48 bits per heavy atom. The number of Topliss-reactive ketones (excluding diaryl/α,β-unsaturated/α-hetero) is 1. The molecular formula is C16H20N2O5. The number of amides is 2. The molecule has 0 saturated carbocycles. The third-order valence-electron chi connectivity index (χ3n) is 2.92. The second-order valence-corrected chi connectivity index (χ2v) is 4.99. The number of hydrogen-bond acceptors (Lipinski definition) is 5. The number of nitrogens with one attached hydrogen (secondary N) is 2. The molecule has 0 aliphatic carbocycles. The Morgan fingerprint density at radius 1 is 1.17 bits per heavy atom. The molecule has 2 amide bonds. The number of ketones is 1. The van der Waals surface area contributed by atoms with Crippen LogP contribution in [0.5, 0.6) is 0 Å². The fourth-order valence-corrected chi connectivity index (χ4v) is 1.71. The van der Waals surface area contributed by atoms with Gasteiger partial charge in [0.1, 0.15) is 0 Å². The van der Waals surface area contributed by atoms with E-state index in [4.69, 9.17) is 4.74 Å². The normalized spacial score (nSPS) is 11.3. The van der Waals surface area contributed by atoms with Gasteiger partial charge in [-0.25, -0.2) is 0 Å². The second kappa shape index (κ2) is 8.67. The van der Waals surface area contributed by atoms with Crippen LogP contribution in [0.2, 0.25) is 0 Å². The van der Waals surface area contributed by atoms with Crippen LogP contribution in [0.3, 0.4) is 0 Å². The summed E-state index contributed by atoms with van der Waals surface area (Å²) in [4.78, 5) is 45.5. The van der Waals surface area contributed by atoms with Gasteiger partial charge in [-0.3, -0.25) is 19.2 Å². The van der Waals surface area contributed by atoms with Crippen LogP contribution in [0.15, 0.2) is 24.3 Å². The molecule has 0 bridgehead atoms. The summed E-state index contributed by atoms with van der Waals surface area (Å²) >= 11 is 0. The zero-order chi connectivity index (χ0) is 17.4. The predicted molar refractivity (Wildman–Crippen MR) is 83.9 cm³/mol. The van der Waals surface area contributed by atoms with Crippen molar-refractivity contribution in [2.24, 2.45) is 0 Å². The van der Waals surface area contributed by atoms with Crippen molar-refractivity contribution in [2.75, 3.05) is 11.9 Å². The summed E-state index contributed by atoms with van der Waals surface area (Å²) < 4.78 is 4.97. The van der Waals surface area contributed by atoms with Gasteiger partial charge in [-0.2, -0.15) is 0 Å². The van der Waals surface area contributed by atoms with Gasteiger partial charge in [0, 0.05) is 24.7 Å². The molecule has 0 unspecified atom stereocenters. The molecule has 1 aromatic carbocycles. The third-order valence-corrected chi connectivity index (χ3v) is 2.92. The summed E-state index contributed by atoms with van der Waals surface area (Å²) in [6, 6.07) is 6.47. The van der Waals surface area contributed by atoms with Crippen molar-refractivity contribution in [3.63, 3.8) is 0 Å². The Morgan fingerprint density at radius 2 is 1.87 bits per heavy atom. The van der Waals surface area contributed by atoms with Gasteiger partial charge in [-0.15, -0.1) is 0 Å². The van der Waals surface area contributed by atoms with Gasteiger partial charge in [0.05, 0.1) is 6.42 Å². The Labute approximate surface area is 134 Å². The van der Waals surface area contributed by atoms with Crippen molar-refractivity contribution >= 4 is 29.3 Å². The lowest BCUT2D eigenvalue weighted by Crippen LogP contribution is -2.31. The number of esters is 1. The quantitative estimate of drug-likeness (QED) is 0.582. The average Bonchev–Trinajstić information content (AvgIpc) is 2.46. The second-order valence-electron chi connectivity index (χ2n) is 4.99. The molecule has 0 spiro atoms. The molecule has 0 heterocycles. The minimum absolute atomic E-state index is 0.0168. The fraction of sp³-hybridized carbons (Fsp3) is 0.375. The first kappa shape index (κ1) is 18.3. The van der Waals surface area contributed by atoms with Crippen LogP contribution >= 0.6 is 0 Å². The van der Waals surface area contributed by atoms with Crippen molar-refractivity contribution in [1.29, 1.82) is 0 Å². The predicted octanol–water partition coefficient (Wildman–Crippen LogP) is 1.29. The van der Waals surface area contributed by atoms with Crippen LogP contribution in [0.1, 0.15) is 37.6 Å². The number of benzene rings is 1. The molecule has 23 heavy (non-hydrogen) atoms. The van der Waals surface area contributed by atoms with Crippen LogP contribution in [0.4, 0.5) is 5.69 Å². The Kier molecular flexibility index (Phi) is 6.92. The van der Waals surface area contributed by atoms with E-state index in [1.54, 1.807) is 24.3 Å². The molecule has 0 saturated heterocycles. The first-order chi connectivity index (χ1) is 10.8. The number of anilines is 1.